The molecule has 1 saturated heterocycles. The standard InChI is InChI=1S/C31H33ClN2O5/c1-3-38-26-14-18(13-25(32)27(26)39-4-2)12-24-28(35)33-30(37)34(29(24)36)23-7-5-22(6-8-23)31-15-19-9-20(16-31)11-21(10-19)17-31/h5-8,12-14,19-21H,3-4,9-11,15-17H2,1-2H3,(H,33,35,37)/b24-12-. The fraction of sp³-hybridized carbons (Fsp3) is 0.452. The highest BCUT2D eigenvalue weighted by molar-refractivity contribution is 6.39. The average Bonchev–Trinajstić information content (AvgIpc) is 2.88. The van der Waals surface area contributed by atoms with Gasteiger partial charge < -0.3 is 9.47 Å². The first-order valence-electron chi connectivity index (χ1n) is 13.9. The van der Waals surface area contributed by atoms with Crippen LogP contribution in [0.25, 0.3) is 6.08 Å². The highest BCUT2D eigenvalue weighted by atomic mass is 35.5. The van der Waals surface area contributed by atoms with Crippen LogP contribution in [-0.2, 0) is 15.0 Å². The summed E-state index contributed by atoms with van der Waals surface area (Å²) in [5, 5.41) is 2.61. The van der Waals surface area contributed by atoms with Crippen molar-refractivity contribution in [3.05, 3.63) is 58.1 Å². The third-order valence-corrected chi connectivity index (χ3v) is 9.09. The summed E-state index contributed by atoms with van der Waals surface area (Å²) in [7, 11) is 0. The van der Waals surface area contributed by atoms with Gasteiger partial charge in [-0.05, 0) is 117 Å². The molecule has 5 aliphatic rings. The van der Waals surface area contributed by atoms with Gasteiger partial charge in [-0.15, -0.1) is 0 Å². The van der Waals surface area contributed by atoms with Gasteiger partial charge in [0.1, 0.15) is 5.57 Å². The third kappa shape index (κ3) is 4.61. The lowest BCUT2D eigenvalue weighted by molar-refractivity contribution is -0.122. The van der Waals surface area contributed by atoms with Crippen molar-refractivity contribution in [3.63, 3.8) is 0 Å². The maximum atomic E-state index is 13.5. The molecule has 204 valence electrons. The van der Waals surface area contributed by atoms with E-state index in [0.717, 1.165) is 22.7 Å². The number of hydrogen-bond donors (Lipinski definition) is 1. The summed E-state index contributed by atoms with van der Waals surface area (Å²) in [4.78, 5) is 40.1. The molecule has 4 aliphatic carbocycles. The number of carbonyl (C=O) groups excluding carboxylic acids is 3. The number of benzene rings is 2. The van der Waals surface area contributed by atoms with Crippen LogP contribution in [0.3, 0.4) is 0 Å². The molecular weight excluding hydrogens is 516 g/mol. The number of nitrogens with zero attached hydrogens (tertiary/aromatic N) is 1. The number of rotatable bonds is 7. The monoisotopic (exact) mass is 548 g/mol. The second-order valence-corrected chi connectivity index (χ2v) is 11.8. The number of hydrogen-bond acceptors (Lipinski definition) is 5. The topological polar surface area (TPSA) is 84.9 Å². The first-order chi connectivity index (χ1) is 18.8. The smallest absolute Gasteiger partial charge is 0.335 e. The summed E-state index contributed by atoms with van der Waals surface area (Å²) in [6.07, 6.45) is 9.23. The Hall–Kier alpha value is -3.32. The number of amides is 4. The van der Waals surface area contributed by atoms with Gasteiger partial charge in [-0.1, -0.05) is 23.7 Å². The summed E-state index contributed by atoms with van der Waals surface area (Å²) in [5.74, 6) is 1.84. The zero-order valence-corrected chi connectivity index (χ0v) is 23.1. The van der Waals surface area contributed by atoms with E-state index in [1.807, 2.05) is 26.0 Å². The van der Waals surface area contributed by atoms with Crippen LogP contribution in [0.2, 0.25) is 5.02 Å². The minimum absolute atomic E-state index is 0.164. The number of imide groups is 2. The summed E-state index contributed by atoms with van der Waals surface area (Å²) in [5.41, 5.74) is 2.27. The van der Waals surface area contributed by atoms with Crippen LogP contribution >= 0.6 is 11.6 Å². The Morgan fingerprint density at radius 1 is 0.949 bits per heavy atom. The quantitative estimate of drug-likeness (QED) is 0.325. The average molecular weight is 549 g/mol. The Morgan fingerprint density at radius 3 is 2.15 bits per heavy atom. The fourth-order valence-electron chi connectivity index (χ4n) is 7.71. The largest absolute Gasteiger partial charge is 0.490 e. The molecule has 7 rings (SSSR count). The van der Waals surface area contributed by atoms with Crippen molar-refractivity contribution in [1.82, 2.24) is 5.32 Å². The van der Waals surface area contributed by atoms with Crippen molar-refractivity contribution in [1.29, 1.82) is 0 Å². The van der Waals surface area contributed by atoms with Crippen LogP contribution in [0.4, 0.5) is 10.5 Å². The number of barbiturate groups is 1. The molecule has 4 amide bonds. The van der Waals surface area contributed by atoms with E-state index in [9.17, 15) is 14.4 Å². The lowest BCUT2D eigenvalue weighted by Crippen LogP contribution is -2.54. The molecule has 0 unspecified atom stereocenters. The Kier molecular flexibility index (Phi) is 6.66. The molecule has 0 aromatic heterocycles. The molecule has 39 heavy (non-hydrogen) atoms. The molecule has 0 atom stereocenters. The zero-order chi connectivity index (χ0) is 27.3. The van der Waals surface area contributed by atoms with E-state index in [-0.39, 0.29) is 11.0 Å². The highest BCUT2D eigenvalue weighted by Crippen LogP contribution is 2.60. The Morgan fingerprint density at radius 2 is 1.56 bits per heavy atom. The molecular formula is C31H33ClN2O5. The van der Waals surface area contributed by atoms with Gasteiger partial charge >= 0.3 is 6.03 Å². The van der Waals surface area contributed by atoms with E-state index in [2.05, 4.69) is 17.4 Å². The summed E-state index contributed by atoms with van der Waals surface area (Å²) < 4.78 is 11.3. The van der Waals surface area contributed by atoms with Crippen LogP contribution in [0, 0.1) is 17.8 Å². The maximum Gasteiger partial charge on any atom is 0.335 e. The van der Waals surface area contributed by atoms with Crippen molar-refractivity contribution < 1.29 is 23.9 Å². The molecule has 5 fully saturated rings. The first-order valence-corrected chi connectivity index (χ1v) is 14.3. The van der Waals surface area contributed by atoms with Crippen LogP contribution in [0.5, 0.6) is 11.5 Å². The number of halogens is 1. The van der Waals surface area contributed by atoms with Gasteiger partial charge in [0, 0.05) is 0 Å². The minimum Gasteiger partial charge on any atom is -0.490 e. The van der Waals surface area contributed by atoms with E-state index >= 15 is 0 Å². The van der Waals surface area contributed by atoms with Gasteiger partial charge in [0.2, 0.25) is 0 Å². The Bertz CT molecular complexity index is 1330. The Balaban J connectivity index is 1.29. The van der Waals surface area contributed by atoms with Crippen LogP contribution in [-0.4, -0.2) is 31.1 Å². The first kappa shape index (κ1) is 25.9. The number of nitrogens with one attached hydrogen (secondary N) is 1. The third-order valence-electron chi connectivity index (χ3n) is 8.81. The fourth-order valence-corrected chi connectivity index (χ4v) is 7.98. The van der Waals surface area contributed by atoms with Gasteiger partial charge in [-0.25, -0.2) is 9.69 Å². The van der Waals surface area contributed by atoms with Gasteiger partial charge in [0.25, 0.3) is 11.8 Å². The number of ether oxygens (including phenoxy) is 2. The van der Waals surface area contributed by atoms with Gasteiger partial charge in [0.15, 0.2) is 11.5 Å². The molecule has 1 aliphatic heterocycles. The highest BCUT2D eigenvalue weighted by Gasteiger charge is 2.51. The van der Waals surface area contributed by atoms with Crippen molar-refractivity contribution in [2.45, 2.75) is 57.8 Å². The predicted octanol–water partition coefficient (Wildman–Crippen LogP) is 6.27. The second-order valence-electron chi connectivity index (χ2n) is 11.4. The van der Waals surface area contributed by atoms with E-state index < -0.39 is 17.8 Å². The molecule has 1 N–H and O–H groups in total. The van der Waals surface area contributed by atoms with Crippen LogP contribution < -0.4 is 19.7 Å². The molecule has 0 radical (unpaired) electrons. The lowest BCUT2D eigenvalue weighted by atomic mass is 9.48. The second kappa shape index (κ2) is 10.0. The maximum absolute atomic E-state index is 13.5. The summed E-state index contributed by atoms with van der Waals surface area (Å²) >= 11 is 6.43. The van der Waals surface area contributed by atoms with Gasteiger partial charge in [0.05, 0.1) is 23.9 Å². The van der Waals surface area contributed by atoms with Crippen LogP contribution in [0.15, 0.2) is 42.0 Å². The lowest BCUT2D eigenvalue weighted by Gasteiger charge is -2.57. The molecule has 7 nitrogen and oxygen atoms in total. The summed E-state index contributed by atoms with van der Waals surface area (Å²) in [6.45, 7) is 4.47. The normalized spacial score (nSPS) is 28.7. The zero-order valence-electron chi connectivity index (χ0n) is 22.3. The van der Waals surface area contributed by atoms with Gasteiger partial charge in [-0.2, -0.15) is 0 Å². The van der Waals surface area contributed by atoms with Gasteiger partial charge in [-0.3, -0.25) is 14.9 Å². The van der Waals surface area contributed by atoms with E-state index in [1.54, 1.807) is 12.1 Å². The van der Waals surface area contributed by atoms with Crippen molar-refractivity contribution >= 4 is 41.2 Å². The molecule has 1 heterocycles. The molecule has 0 spiro atoms. The van der Waals surface area contributed by atoms with Crippen molar-refractivity contribution in [3.8, 4) is 11.5 Å². The number of urea groups is 1. The van der Waals surface area contributed by atoms with Crippen LogP contribution in [0.1, 0.15) is 63.5 Å². The predicted molar refractivity (Wildman–Crippen MR) is 149 cm³/mol. The van der Waals surface area contributed by atoms with Crippen molar-refractivity contribution in [2.75, 3.05) is 18.1 Å². The Labute approximate surface area is 233 Å². The SMILES string of the molecule is CCOc1cc(/C=C2/C(=O)NC(=O)N(c3ccc(C45CC6CC(CC(C6)C4)C5)cc3)C2=O)cc(Cl)c1OCC. The molecule has 2 aromatic carbocycles. The number of anilines is 1. The van der Waals surface area contributed by atoms with E-state index in [1.165, 1.54) is 50.2 Å². The molecule has 8 heteroatoms. The van der Waals surface area contributed by atoms with E-state index in [0.29, 0.717) is 41.0 Å². The minimum atomic E-state index is -0.760. The van der Waals surface area contributed by atoms with E-state index in [4.69, 9.17) is 21.1 Å². The van der Waals surface area contributed by atoms with Crippen molar-refractivity contribution in [2.24, 2.45) is 17.8 Å². The number of carbonyl (C=O) groups is 3. The molecule has 4 bridgehead atoms. The summed E-state index contributed by atoms with van der Waals surface area (Å²) in [6, 6.07) is 10.3. The molecule has 4 saturated carbocycles. The molecule has 2 aromatic rings.